The molecule has 0 amide bonds. The first-order valence-electron chi connectivity index (χ1n) is 15.6. The predicted molar refractivity (Wildman–Crippen MR) is 203 cm³/mol. The summed E-state index contributed by atoms with van der Waals surface area (Å²) in [5.41, 5.74) is -1.81. The molecule has 0 aromatic carbocycles. The maximum absolute atomic E-state index is 15.3. The van der Waals surface area contributed by atoms with E-state index in [1.54, 1.807) is 0 Å². The van der Waals surface area contributed by atoms with Crippen molar-refractivity contribution in [1.29, 1.82) is 0 Å². The molecule has 44 heteroatoms. The summed E-state index contributed by atoms with van der Waals surface area (Å²) in [6.45, 7) is -3.85. The number of H-pyrrole nitrogens is 1. The van der Waals surface area contributed by atoms with Crippen molar-refractivity contribution >= 4 is 89.4 Å². The zero-order chi connectivity index (χ0) is 51.2. The number of rotatable bonds is 16. The highest BCUT2D eigenvalue weighted by atomic mass is 32.1. The fourth-order valence-corrected chi connectivity index (χ4v) is 11.6. The minimum Gasteiger partial charge on any atom is -0.383 e. The van der Waals surface area contributed by atoms with Gasteiger partial charge in [0.15, 0.2) is 46.9 Å². The quantitative estimate of drug-likeness (QED) is 0.0496. The maximum Gasteiger partial charge on any atom is 0.490 e. The SMILES string of the molecule is C#CC1(F)[C@@H](O)[C@@](F)(COP(=O)(O)OP(=O)(O)OP(=O)(O)O)O[C@H]1n1cc(F)c(=S)[nH]c1=S.C#CC1(F)[C@@H](O)[C@@](F)(COP(=O)(O)OP(=O)(O)OP(=O)(O)O)O[C@H]1n1cc(F)c(N)nc1=S. The van der Waals surface area contributed by atoms with Gasteiger partial charge in [-0.15, -0.1) is 12.8 Å². The van der Waals surface area contributed by atoms with Crippen molar-refractivity contribution in [2.75, 3.05) is 18.9 Å². The number of nitrogens with two attached hydrogens (primary N) is 1. The van der Waals surface area contributed by atoms with Crippen LogP contribution in [0.25, 0.3) is 0 Å². The molecule has 4 heterocycles. The number of anilines is 1. The van der Waals surface area contributed by atoms with Gasteiger partial charge < -0.3 is 69.6 Å². The van der Waals surface area contributed by atoms with Crippen LogP contribution in [0.1, 0.15) is 12.5 Å². The van der Waals surface area contributed by atoms with E-state index in [9.17, 15) is 56.2 Å². The Kier molecular flexibility index (Phi) is 17.7. The largest absolute Gasteiger partial charge is 0.490 e. The van der Waals surface area contributed by atoms with Crippen molar-refractivity contribution in [2.45, 2.75) is 47.7 Å². The zero-order valence-electron chi connectivity index (χ0n) is 30.8. The topological polar surface area (TPSA) is 443 Å². The number of nitrogens with one attached hydrogen (secondary N) is 1. The molecular formula is C22H25F6N5O24P6S3. The van der Waals surface area contributed by atoms with E-state index >= 15 is 17.6 Å². The van der Waals surface area contributed by atoms with Gasteiger partial charge in [0.05, 0.1) is 0 Å². The molecule has 2 aliphatic heterocycles. The van der Waals surface area contributed by atoms with Gasteiger partial charge in [0, 0.05) is 12.4 Å². The highest BCUT2D eigenvalue weighted by Crippen LogP contribution is 2.68. The Morgan fingerprint density at radius 2 is 1.06 bits per heavy atom. The number of aliphatic hydroxyl groups excluding tert-OH is 2. The molecule has 66 heavy (non-hydrogen) atoms. The van der Waals surface area contributed by atoms with Gasteiger partial charge in [-0.05, 0) is 24.4 Å². The molecule has 0 saturated carbocycles. The van der Waals surface area contributed by atoms with Crippen LogP contribution in [0.3, 0.4) is 0 Å². The van der Waals surface area contributed by atoms with Crippen LogP contribution in [-0.2, 0) is 63.2 Å². The summed E-state index contributed by atoms with van der Waals surface area (Å²) in [5.74, 6) is -7.99. The molecular weight excluding hydrogens is 1110 g/mol. The van der Waals surface area contributed by atoms with Crippen LogP contribution in [0.2, 0.25) is 0 Å². The minimum absolute atomic E-state index is 0.344. The van der Waals surface area contributed by atoms with Gasteiger partial charge in [0.25, 0.3) is 11.7 Å². The van der Waals surface area contributed by atoms with E-state index in [1.165, 1.54) is 11.8 Å². The molecule has 2 aliphatic rings. The first kappa shape index (κ1) is 58.3. The van der Waals surface area contributed by atoms with Gasteiger partial charge in [-0.2, -0.15) is 22.2 Å². The molecule has 2 aromatic heterocycles. The van der Waals surface area contributed by atoms with E-state index in [-0.39, 0.29) is 0 Å². The van der Waals surface area contributed by atoms with E-state index in [0.29, 0.717) is 21.5 Å². The standard InChI is InChI=1S/C11H13F3N3O12P3S.C11H12F3N2O12P3S2/c1-2-10(13)7(18)11(14,27-8(10)17-3-5(12)6(15)16-9(17)33)4-26-31(22,23)29-32(24,25)28-30(19,20)21;1-2-10(13)7(17)11(14,26-8(10)16-3-5(12)6(32)15-9(16)33)4-25-30(21,22)28-31(23,24)27-29(18,19)20/h1,3,7-8,18H,4H2,(H,22,23)(H,24,25)(H2,15,16,33)(H2,19,20,21);1,3,7-8,17H,4H2,(H,21,22)(H,23,24)(H,15,32,33)(H2,18,19,20)/t2*7-,8-,10?,11-/m11/s1. The first-order valence-corrected chi connectivity index (χ1v) is 25.8. The van der Waals surface area contributed by atoms with Crippen molar-refractivity contribution in [2.24, 2.45) is 0 Å². The Labute approximate surface area is 375 Å². The van der Waals surface area contributed by atoms with Crippen molar-refractivity contribution < 1.29 is 139 Å². The van der Waals surface area contributed by atoms with E-state index in [4.69, 9.17) is 72.4 Å². The maximum atomic E-state index is 15.3. The van der Waals surface area contributed by atoms with Gasteiger partial charge in [-0.25, -0.2) is 53.7 Å². The van der Waals surface area contributed by atoms with Crippen LogP contribution in [0, 0.1) is 50.5 Å². The molecule has 13 N–H and O–H groups in total. The summed E-state index contributed by atoms with van der Waals surface area (Å²) in [5, 5.41) is 20.2. The third-order valence-electron chi connectivity index (χ3n) is 7.43. The number of aromatic amines is 1. The molecule has 12 atom stereocenters. The number of aliphatic hydroxyl groups is 2. The Bertz CT molecular complexity index is 2810. The number of nitrogens with zero attached hydrogens (tertiary/aromatic N) is 3. The third kappa shape index (κ3) is 14.1. The number of nitrogen functional groups attached to an aromatic ring is 1. The lowest BCUT2D eigenvalue weighted by molar-refractivity contribution is -0.204. The lowest BCUT2D eigenvalue weighted by atomic mass is 9.96. The second-order valence-electron chi connectivity index (χ2n) is 12.2. The fraction of sp³-hybridized carbons (Fsp3) is 0.455. The molecule has 0 aliphatic carbocycles. The average molecular weight is 1140 g/mol. The number of hydrogen-bond donors (Lipinski definition) is 12. The van der Waals surface area contributed by atoms with Crippen molar-refractivity contribution in [3.63, 3.8) is 0 Å². The first-order chi connectivity index (χ1) is 29.5. The summed E-state index contributed by atoms with van der Waals surface area (Å²) in [6, 6.07) is 0. The summed E-state index contributed by atoms with van der Waals surface area (Å²) in [7, 11) is -35.1. The minimum atomic E-state index is -5.96. The smallest absolute Gasteiger partial charge is 0.383 e. The van der Waals surface area contributed by atoms with Gasteiger partial charge in [0.1, 0.15) is 17.9 Å². The molecule has 4 rings (SSSR count). The molecule has 6 unspecified atom stereocenters. The van der Waals surface area contributed by atoms with Gasteiger partial charge in [0.2, 0.25) is 16.1 Å². The molecule has 2 saturated heterocycles. The van der Waals surface area contributed by atoms with Crippen LogP contribution in [-0.4, -0.2) is 117 Å². The second-order valence-corrected chi connectivity index (χ2v) is 22.2. The highest BCUT2D eigenvalue weighted by Gasteiger charge is 2.68. The lowest BCUT2D eigenvalue weighted by Crippen LogP contribution is -2.47. The monoisotopic (exact) mass is 1140 g/mol. The number of terminal acetylenes is 2. The van der Waals surface area contributed by atoms with E-state index in [2.05, 4.69) is 57.9 Å². The van der Waals surface area contributed by atoms with Gasteiger partial charge >= 0.3 is 46.9 Å². The molecule has 0 spiro atoms. The zero-order valence-corrected chi connectivity index (χ0v) is 38.6. The molecule has 2 fully saturated rings. The number of alkyl halides is 4. The number of aromatic nitrogens is 4. The van der Waals surface area contributed by atoms with Crippen molar-refractivity contribution in [3.8, 4) is 24.7 Å². The Balaban J connectivity index is 0.000000350. The number of halogens is 6. The Morgan fingerprint density at radius 3 is 1.42 bits per heavy atom. The van der Waals surface area contributed by atoms with Crippen LogP contribution in [0.4, 0.5) is 32.2 Å². The van der Waals surface area contributed by atoms with Crippen molar-refractivity contribution in [3.05, 3.63) is 38.2 Å². The number of hydrogen-bond acceptors (Lipinski definition) is 21. The molecule has 372 valence electrons. The second kappa shape index (κ2) is 20.0. The van der Waals surface area contributed by atoms with Crippen LogP contribution >= 0.6 is 83.6 Å². The normalized spacial score (nSPS) is 31.5. The van der Waals surface area contributed by atoms with E-state index in [0.717, 1.165) is 0 Å². The summed E-state index contributed by atoms with van der Waals surface area (Å²) >= 11 is 14.1. The Morgan fingerprint density at radius 1 is 0.697 bits per heavy atom. The fourth-order valence-electron chi connectivity index (χ4n) is 4.82. The van der Waals surface area contributed by atoms with Gasteiger partial charge in [-0.3, -0.25) is 18.2 Å². The highest BCUT2D eigenvalue weighted by molar-refractivity contribution is 7.72. The number of phosphoric ester groups is 2. The number of phosphoric acid groups is 6. The van der Waals surface area contributed by atoms with E-state index < -0.39 is 139 Å². The number of ether oxygens (including phenoxy) is 2. The van der Waals surface area contributed by atoms with Gasteiger partial charge in [-0.1, -0.05) is 24.1 Å². The molecule has 2 aromatic rings. The third-order valence-corrected chi connectivity index (χ3v) is 15.9. The Hall–Kier alpha value is -2.02. The molecule has 29 nitrogen and oxygen atoms in total. The van der Waals surface area contributed by atoms with Crippen molar-refractivity contribution in [1.82, 2.24) is 19.1 Å². The van der Waals surface area contributed by atoms with Crippen LogP contribution in [0.15, 0.2) is 12.4 Å². The molecule has 0 bridgehead atoms. The summed E-state index contributed by atoms with van der Waals surface area (Å²) < 4.78 is 186. The lowest BCUT2D eigenvalue weighted by Gasteiger charge is -2.25. The average Bonchev–Trinajstić information content (AvgIpc) is 3.46. The predicted octanol–water partition coefficient (Wildman–Crippen LogP) is 2.23. The summed E-state index contributed by atoms with van der Waals surface area (Å²) in [4.78, 5) is 76.2. The van der Waals surface area contributed by atoms with E-state index in [1.807, 2.05) is 0 Å². The molecule has 0 radical (unpaired) electrons. The summed E-state index contributed by atoms with van der Waals surface area (Å²) in [6.07, 6.45) is 0.0990. The van der Waals surface area contributed by atoms with Crippen LogP contribution in [0.5, 0.6) is 0 Å². The van der Waals surface area contributed by atoms with Crippen LogP contribution < -0.4 is 5.73 Å².